The Morgan fingerprint density at radius 2 is 2.20 bits per heavy atom. The second-order valence-corrected chi connectivity index (χ2v) is 2.71. The van der Waals surface area contributed by atoms with Crippen LogP contribution in [0.5, 0.6) is 0 Å². The summed E-state index contributed by atoms with van der Waals surface area (Å²) in [6.45, 7) is 1.81. The standard InChI is InChI=1S/C8H15ClO/c1-8(10)6-4-2-3-5-7-9/h3,5,8,10H,2,4,6-7H2,1H3. The summed E-state index contributed by atoms with van der Waals surface area (Å²) in [6.07, 6.45) is 6.78. The summed E-state index contributed by atoms with van der Waals surface area (Å²) in [4.78, 5) is 0. The van der Waals surface area contributed by atoms with E-state index in [0.717, 1.165) is 19.3 Å². The van der Waals surface area contributed by atoms with Crippen LogP contribution in [-0.2, 0) is 0 Å². The van der Waals surface area contributed by atoms with Crippen molar-refractivity contribution in [1.29, 1.82) is 0 Å². The first-order valence-corrected chi connectivity index (χ1v) is 4.20. The first-order valence-electron chi connectivity index (χ1n) is 3.66. The van der Waals surface area contributed by atoms with Gasteiger partial charge in [0.15, 0.2) is 0 Å². The maximum atomic E-state index is 8.86. The molecule has 0 amide bonds. The molecule has 1 N–H and O–H groups in total. The normalized spacial score (nSPS) is 14.3. The van der Waals surface area contributed by atoms with Crippen LogP contribution in [0.25, 0.3) is 0 Å². The van der Waals surface area contributed by atoms with Crippen LogP contribution in [0.2, 0.25) is 0 Å². The molecular formula is C8H15ClO. The summed E-state index contributed by atoms with van der Waals surface area (Å²) in [5.41, 5.74) is 0. The van der Waals surface area contributed by atoms with Crippen molar-refractivity contribution in [2.75, 3.05) is 5.88 Å². The predicted molar refractivity (Wildman–Crippen MR) is 45.4 cm³/mol. The molecule has 1 unspecified atom stereocenters. The van der Waals surface area contributed by atoms with Crippen molar-refractivity contribution < 1.29 is 5.11 Å². The Kier molecular flexibility index (Phi) is 7.09. The van der Waals surface area contributed by atoms with Gasteiger partial charge in [-0.1, -0.05) is 12.2 Å². The van der Waals surface area contributed by atoms with E-state index in [0.29, 0.717) is 5.88 Å². The third-order valence-corrected chi connectivity index (χ3v) is 1.43. The van der Waals surface area contributed by atoms with E-state index in [9.17, 15) is 0 Å². The fourth-order valence-corrected chi connectivity index (χ4v) is 0.838. The summed E-state index contributed by atoms with van der Waals surface area (Å²) in [5.74, 6) is 0.592. The zero-order valence-corrected chi connectivity index (χ0v) is 7.14. The van der Waals surface area contributed by atoms with Gasteiger partial charge >= 0.3 is 0 Å². The number of halogens is 1. The van der Waals surface area contributed by atoms with Gasteiger partial charge in [-0.2, -0.15) is 0 Å². The van der Waals surface area contributed by atoms with Gasteiger partial charge in [0.25, 0.3) is 0 Å². The lowest BCUT2D eigenvalue weighted by Crippen LogP contribution is -1.97. The van der Waals surface area contributed by atoms with Gasteiger partial charge in [-0.05, 0) is 26.2 Å². The molecule has 0 radical (unpaired) electrons. The van der Waals surface area contributed by atoms with Gasteiger partial charge in [-0.3, -0.25) is 0 Å². The van der Waals surface area contributed by atoms with Gasteiger partial charge in [0.1, 0.15) is 0 Å². The first kappa shape index (κ1) is 9.99. The molecule has 0 bridgehead atoms. The van der Waals surface area contributed by atoms with Gasteiger partial charge in [0, 0.05) is 5.88 Å². The molecule has 1 atom stereocenters. The molecule has 60 valence electrons. The third kappa shape index (κ3) is 7.99. The van der Waals surface area contributed by atoms with E-state index < -0.39 is 0 Å². The van der Waals surface area contributed by atoms with Crippen molar-refractivity contribution in [2.24, 2.45) is 0 Å². The van der Waals surface area contributed by atoms with Crippen LogP contribution in [0, 0.1) is 0 Å². The van der Waals surface area contributed by atoms with Crippen molar-refractivity contribution in [3.8, 4) is 0 Å². The number of aliphatic hydroxyl groups is 1. The van der Waals surface area contributed by atoms with Crippen LogP contribution < -0.4 is 0 Å². The van der Waals surface area contributed by atoms with Crippen molar-refractivity contribution >= 4 is 11.6 Å². The molecule has 0 fully saturated rings. The monoisotopic (exact) mass is 162 g/mol. The van der Waals surface area contributed by atoms with Gasteiger partial charge in [-0.25, -0.2) is 0 Å². The van der Waals surface area contributed by atoms with Crippen LogP contribution >= 0.6 is 11.6 Å². The van der Waals surface area contributed by atoms with E-state index >= 15 is 0 Å². The SMILES string of the molecule is CC(O)CCCC=CCCl. The van der Waals surface area contributed by atoms with E-state index in [-0.39, 0.29) is 6.10 Å². The minimum absolute atomic E-state index is 0.163. The fraction of sp³-hybridized carbons (Fsp3) is 0.750. The Morgan fingerprint density at radius 3 is 2.70 bits per heavy atom. The van der Waals surface area contributed by atoms with Gasteiger partial charge in [0.2, 0.25) is 0 Å². The highest BCUT2D eigenvalue weighted by Crippen LogP contribution is 2.00. The lowest BCUT2D eigenvalue weighted by molar-refractivity contribution is 0.182. The topological polar surface area (TPSA) is 20.2 Å². The Balaban J connectivity index is 2.97. The van der Waals surface area contributed by atoms with E-state index in [4.69, 9.17) is 16.7 Å². The zero-order chi connectivity index (χ0) is 7.82. The maximum absolute atomic E-state index is 8.86. The van der Waals surface area contributed by atoms with Crippen LogP contribution in [0.3, 0.4) is 0 Å². The molecule has 0 aliphatic carbocycles. The molecule has 0 aromatic rings. The number of unbranched alkanes of at least 4 members (excludes halogenated alkanes) is 1. The predicted octanol–water partition coefficient (Wildman–Crippen LogP) is 2.33. The molecule has 0 rings (SSSR count). The Hall–Kier alpha value is -0.0100. The average Bonchev–Trinajstić information content (AvgIpc) is 1.87. The van der Waals surface area contributed by atoms with Crippen molar-refractivity contribution in [3.05, 3.63) is 12.2 Å². The highest BCUT2D eigenvalue weighted by molar-refractivity contribution is 6.18. The lowest BCUT2D eigenvalue weighted by atomic mass is 10.2. The molecule has 0 aliphatic heterocycles. The molecule has 0 aliphatic rings. The number of allylic oxidation sites excluding steroid dienone is 2. The van der Waals surface area contributed by atoms with Crippen LogP contribution in [0.1, 0.15) is 26.2 Å². The molecule has 0 aromatic heterocycles. The van der Waals surface area contributed by atoms with Crippen molar-refractivity contribution in [3.63, 3.8) is 0 Å². The van der Waals surface area contributed by atoms with Crippen molar-refractivity contribution in [1.82, 2.24) is 0 Å². The number of alkyl halides is 1. The third-order valence-electron chi connectivity index (χ3n) is 1.25. The van der Waals surface area contributed by atoms with Crippen LogP contribution in [0.15, 0.2) is 12.2 Å². The van der Waals surface area contributed by atoms with E-state index in [1.165, 1.54) is 0 Å². The number of rotatable bonds is 5. The second kappa shape index (κ2) is 7.10. The van der Waals surface area contributed by atoms with Gasteiger partial charge < -0.3 is 5.11 Å². The summed E-state index contributed by atoms with van der Waals surface area (Å²) in [6, 6.07) is 0. The van der Waals surface area contributed by atoms with Gasteiger partial charge in [0.05, 0.1) is 6.10 Å². The first-order chi connectivity index (χ1) is 4.77. The summed E-state index contributed by atoms with van der Waals surface area (Å²) < 4.78 is 0. The van der Waals surface area contributed by atoms with Crippen LogP contribution in [-0.4, -0.2) is 17.1 Å². The van der Waals surface area contributed by atoms with Crippen LogP contribution in [0.4, 0.5) is 0 Å². The zero-order valence-electron chi connectivity index (χ0n) is 6.39. The fourth-order valence-electron chi connectivity index (χ4n) is 0.712. The minimum atomic E-state index is -0.163. The summed E-state index contributed by atoms with van der Waals surface area (Å²) >= 11 is 5.41. The Bertz CT molecular complexity index is 89.3. The molecule has 2 heteroatoms. The molecule has 1 nitrogen and oxygen atoms in total. The average molecular weight is 163 g/mol. The molecule has 0 saturated heterocycles. The molecule has 10 heavy (non-hydrogen) atoms. The Labute approximate surface area is 67.7 Å². The van der Waals surface area contributed by atoms with Crippen molar-refractivity contribution in [2.45, 2.75) is 32.3 Å². The second-order valence-electron chi connectivity index (χ2n) is 2.41. The minimum Gasteiger partial charge on any atom is -0.393 e. The maximum Gasteiger partial charge on any atom is 0.0512 e. The molecular weight excluding hydrogens is 148 g/mol. The van der Waals surface area contributed by atoms with E-state index in [1.54, 1.807) is 0 Å². The smallest absolute Gasteiger partial charge is 0.0512 e. The molecule has 0 spiro atoms. The molecule has 0 aromatic carbocycles. The Morgan fingerprint density at radius 1 is 1.50 bits per heavy atom. The number of hydrogen-bond donors (Lipinski definition) is 1. The van der Waals surface area contributed by atoms with E-state index in [1.807, 2.05) is 13.0 Å². The lowest BCUT2D eigenvalue weighted by Gasteiger charge is -1.99. The number of hydrogen-bond acceptors (Lipinski definition) is 1. The molecule has 0 saturated carbocycles. The van der Waals surface area contributed by atoms with E-state index in [2.05, 4.69) is 6.08 Å². The number of aliphatic hydroxyl groups excluding tert-OH is 1. The summed E-state index contributed by atoms with van der Waals surface area (Å²) in [7, 11) is 0. The highest BCUT2D eigenvalue weighted by atomic mass is 35.5. The quantitative estimate of drug-likeness (QED) is 0.374. The largest absolute Gasteiger partial charge is 0.393 e. The molecule has 0 heterocycles. The highest BCUT2D eigenvalue weighted by Gasteiger charge is 1.91. The van der Waals surface area contributed by atoms with Gasteiger partial charge in [-0.15, -0.1) is 11.6 Å². The summed E-state index contributed by atoms with van der Waals surface area (Å²) in [5, 5.41) is 8.86.